The summed E-state index contributed by atoms with van der Waals surface area (Å²) < 4.78 is 24.4. The van der Waals surface area contributed by atoms with E-state index in [1.807, 2.05) is 24.3 Å². The Morgan fingerprint density at radius 1 is 1.06 bits per heavy atom. The predicted octanol–water partition coefficient (Wildman–Crippen LogP) is 4.14. The zero-order chi connectivity index (χ0) is 23.5. The van der Waals surface area contributed by atoms with E-state index in [1.165, 1.54) is 17.8 Å². The molecule has 6 nitrogen and oxygen atoms in total. The Morgan fingerprint density at radius 3 is 2.35 bits per heavy atom. The third-order valence-electron chi connectivity index (χ3n) is 7.10. The van der Waals surface area contributed by atoms with Gasteiger partial charge < -0.3 is 19.4 Å². The normalized spacial score (nSPS) is 18.4. The van der Waals surface area contributed by atoms with Gasteiger partial charge in [0.25, 0.3) is 0 Å². The molecule has 0 bridgehead atoms. The van der Waals surface area contributed by atoms with E-state index in [0.29, 0.717) is 6.54 Å². The van der Waals surface area contributed by atoms with Crippen molar-refractivity contribution < 1.29 is 18.3 Å². The van der Waals surface area contributed by atoms with Crippen molar-refractivity contribution in [3.63, 3.8) is 0 Å². The highest BCUT2D eigenvalue weighted by Crippen LogP contribution is 2.48. The number of hydrogen-bond acceptors (Lipinski definition) is 5. The number of ether oxygens (including phenoxy) is 1. The van der Waals surface area contributed by atoms with Gasteiger partial charge in [0, 0.05) is 38.4 Å². The minimum Gasteiger partial charge on any atom is -0.497 e. The summed E-state index contributed by atoms with van der Waals surface area (Å²) in [5.74, 6) is 1.43. The highest BCUT2D eigenvalue weighted by molar-refractivity contribution is 5.91. The van der Waals surface area contributed by atoms with Crippen molar-refractivity contribution in [2.24, 2.45) is 0 Å². The van der Waals surface area contributed by atoms with Gasteiger partial charge in [-0.05, 0) is 66.9 Å². The number of halogens is 1. The average Bonchev–Trinajstić information content (AvgIpc) is 3.52. The van der Waals surface area contributed by atoms with Gasteiger partial charge in [0.1, 0.15) is 17.3 Å². The monoisotopic (exact) mass is 463 g/mol. The Bertz CT molecular complexity index is 1090. The van der Waals surface area contributed by atoms with Crippen LogP contribution in [0.3, 0.4) is 0 Å². The van der Waals surface area contributed by atoms with Crippen molar-refractivity contribution in [3.05, 3.63) is 84.1 Å². The lowest BCUT2D eigenvalue weighted by atomic mass is 9.95. The van der Waals surface area contributed by atoms with Crippen molar-refractivity contribution in [2.75, 3.05) is 44.7 Å². The van der Waals surface area contributed by atoms with Gasteiger partial charge in [0.05, 0.1) is 24.8 Å². The van der Waals surface area contributed by atoms with E-state index in [1.54, 1.807) is 25.5 Å². The fourth-order valence-electron chi connectivity index (χ4n) is 4.87. The van der Waals surface area contributed by atoms with Crippen molar-refractivity contribution in [1.29, 1.82) is 0 Å². The lowest BCUT2D eigenvalue weighted by Crippen LogP contribution is -2.50. The number of nitrogens with zero attached hydrogens (tertiary/aromatic N) is 2. The van der Waals surface area contributed by atoms with Gasteiger partial charge >= 0.3 is 0 Å². The Labute approximate surface area is 199 Å². The lowest BCUT2D eigenvalue weighted by molar-refractivity contribution is -0.123. The molecule has 1 aliphatic heterocycles. The number of carbonyl (C=O) groups is 1. The molecular formula is C27H30FN3O3. The second-order valence-electron chi connectivity index (χ2n) is 9.05. The van der Waals surface area contributed by atoms with Gasteiger partial charge in [-0.3, -0.25) is 9.69 Å². The van der Waals surface area contributed by atoms with Crippen LogP contribution in [0.1, 0.15) is 30.2 Å². The number of benzene rings is 2. The highest BCUT2D eigenvalue weighted by atomic mass is 19.1. The van der Waals surface area contributed by atoms with E-state index in [0.717, 1.165) is 56.1 Å². The quantitative estimate of drug-likeness (QED) is 0.544. The zero-order valence-corrected chi connectivity index (χ0v) is 19.4. The smallest absolute Gasteiger partial charge is 0.230 e. The molecule has 1 atom stereocenters. The van der Waals surface area contributed by atoms with E-state index >= 15 is 0 Å². The largest absolute Gasteiger partial charge is 0.497 e. The first-order valence-electron chi connectivity index (χ1n) is 11.8. The molecule has 7 heteroatoms. The molecule has 0 radical (unpaired) electrons. The minimum absolute atomic E-state index is 0.00698. The molecule has 1 saturated heterocycles. The number of hydrogen-bond donors (Lipinski definition) is 1. The molecular weight excluding hydrogens is 433 g/mol. The number of carbonyl (C=O) groups excluding carboxylic acids is 1. The maximum atomic E-state index is 13.4. The molecule has 1 aromatic heterocycles. The number of methoxy groups -OCH3 is 1. The van der Waals surface area contributed by atoms with Crippen molar-refractivity contribution in [3.8, 4) is 5.75 Å². The summed E-state index contributed by atoms with van der Waals surface area (Å²) in [6.07, 6.45) is 3.26. The lowest BCUT2D eigenvalue weighted by Gasteiger charge is -2.39. The average molecular weight is 464 g/mol. The van der Waals surface area contributed by atoms with Gasteiger partial charge in [-0.2, -0.15) is 0 Å². The van der Waals surface area contributed by atoms with Crippen molar-refractivity contribution >= 4 is 11.6 Å². The summed E-state index contributed by atoms with van der Waals surface area (Å²) >= 11 is 0. The first-order chi connectivity index (χ1) is 16.6. The van der Waals surface area contributed by atoms with Gasteiger partial charge in [0.15, 0.2) is 0 Å². The zero-order valence-electron chi connectivity index (χ0n) is 19.4. The summed E-state index contributed by atoms with van der Waals surface area (Å²) in [6, 6.07) is 18.3. The van der Waals surface area contributed by atoms with Crippen LogP contribution in [0.25, 0.3) is 0 Å². The van der Waals surface area contributed by atoms with Crippen LogP contribution in [-0.4, -0.2) is 50.6 Å². The molecule has 1 aliphatic carbocycles. The molecule has 34 heavy (non-hydrogen) atoms. The molecule has 178 valence electrons. The van der Waals surface area contributed by atoms with Crippen LogP contribution >= 0.6 is 0 Å². The van der Waals surface area contributed by atoms with Crippen LogP contribution in [0.5, 0.6) is 5.75 Å². The van der Waals surface area contributed by atoms with E-state index < -0.39 is 5.41 Å². The Kier molecular flexibility index (Phi) is 6.28. The minimum atomic E-state index is -0.533. The summed E-state index contributed by atoms with van der Waals surface area (Å²) in [6.45, 7) is 3.96. The van der Waals surface area contributed by atoms with Crippen LogP contribution < -0.4 is 15.0 Å². The first-order valence-corrected chi connectivity index (χ1v) is 11.8. The van der Waals surface area contributed by atoms with Crippen LogP contribution in [0.15, 0.2) is 71.3 Å². The SMILES string of the molecule is COc1ccc(N2CCN(C(CNC(=O)C3(c4ccc(F)cc4)CC3)c3ccco3)CC2)cc1. The molecule has 2 fully saturated rings. The first kappa shape index (κ1) is 22.5. The number of rotatable bonds is 8. The van der Waals surface area contributed by atoms with Crippen LogP contribution in [0.4, 0.5) is 10.1 Å². The Balaban J connectivity index is 1.23. The van der Waals surface area contributed by atoms with E-state index in [9.17, 15) is 9.18 Å². The standard InChI is InChI=1S/C27H30FN3O3/c1-33-23-10-8-22(9-11-23)30-14-16-31(17-15-30)24(25-3-2-18-34-25)19-29-26(32)27(12-13-27)20-4-6-21(28)7-5-20/h2-11,18,24H,12-17,19H2,1H3,(H,29,32). The maximum Gasteiger partial charge on any atom is 0.230 e. The van der Waals surface area contributed by atoms with Gasteiger partial charge in [0.2, 0.25) is 5.91 Å². The van der Waals surface area contributed by atoms with E-state index in [4.69, 9.17) is 9.15 Å². The molecule has 2 aliphatic rings. The Morgan fingerprint density at radius 2 is 1.76 bits per heavy atom. The Hall–Kier alpha value is -3.32. The summed E-state index contributed by atoms with van der Waals surface area (Å²) in [5, 5.41) is 3.18. The van der Waals surface area contributed by atoms with Crippen molar-refractivity contribution in [2.45, 2.75) is 24.3 Å². The molecule has 2 heterocycles. The summed E-state index contributed by atoms with van der Waals surface area (Å²) in [7, 11) is 1.67. The van der Waals surface area contributed by atoms with Gasteiger partial charge in [-0.25, -0.2) is 4.39 Å². The van der Waals surface area contributed by atoms with E-state index in [2.05, 4.69) is 27.2 Å². The topological polar surface area (TPSA) is 58.0 Å². The number of furan rings is 1. The molecule has 3 aromatic rings. The van der Waals surface area contributed by atoms with Gasteiger partial charge in [-0.15, -0.1) is 0 Å². The molecule has 1 unspecified atom stereocenters. The molecule has 1 amide bonds. The molecule has 5 rings (SSSR count). The van der Waals surface area contributed by atoms with E-state index in [-0.39, 0.29) is 17.8 Å². The number of anilines is 1. The number of nitrogens with one attached hydrogen (secondary N) is 1. The number of amides is 1. The summed E-state index contributed by atoms with van der Waals surface area (Å²) in [4.78, 5) is 17.9. The van der Waals surface area contributed by atoms with Crippen molar-refractivity contribution in [1.82, 2.24) is 10.2 Å². The molecule has 0 spiro atoms. The fourth-order valence-corrected chi connectivity index (χ4v) is 4.87. The predicted molar refractivity (Wildman–Crippen MR) is 129 cm³/mol. The molecule has 1 saturated carbocycles. The van der Waals surface area contributed by atoms with Gasteiger partial charge in [-0.1, -0.05) is 12.1 Å². The van der Waals surface area contributed by atoms with Crippen LogP contribution in [-0.2, 0) is 10.2 Å². The van der Waals surface area contributed by atoms with Crippen LogP contribution in [0, 0.1) is 5.82 Å². The highest BCUT2D eigenvalue weighted by Gasteiger charge is 2.51. The third kappa shape index (κ3) is 4.53. The second-order valence-corrected chi connectivity index (χ2v) is 9.05. The molecule has 1 N–H and O–H groups in total. The molecule has 2 aromatic carbocycles. The summed E-state index contributed by atoms with van der Waals surface area (Å²) in [5.41, 5.74) is 1.53. The van der Waals surface area contributed by atoms with Crippen LogP contribution in [0.2, 0.25) is 0 Å². The number of piperazine rings is 1. The third-order valence-corrected chi connectivity index (χ3v) is 7.10. The maximum absolute atomic E-state index is 13.4. The second kappa shape index (κ2) is 9.50. The fraction of sp³-hybridized carbons (Fsp3) is 0.370.